The number of fused-ring (bicyclic) bond motifs is 1. The topological polar surface area (TPSA) is 146 Å². The van der Waals surface area contributed by atoms with Crippen LogP contribution in [0.2, 0.25) is 0 Å². The molecule has 1 aromatic rings. The fraction of sp³-hybridized carbons (Fsp3) is 0.500. The lowest BCUT2D eigenvalue weighted by Gasteiger charge is -2.26. The largest absolute Gasteiger partial charge is 0.507 e. The molecule has 150 valence electrons. The Morgan fingerprint density at radius 3 is 2.52 bits per heavy atom. The predicted octanol–water partition coefficient (Wildman–Crippen LogP) is -0.272. The molecule has 1 aromatic carbocycles. The number of phenols is 1. The van der Waals surface area contributed by atoms with Gasteiger partial charge in [-0.1, -0.05) is 12.2 Å². The highest BCUT2D eigenvalue weighted by Crippen LogP contribution is 2.34. The lowest BCUT2D eigenvalue weighted by Crippen LogP contribution is -2.46. The quantitative estimate of drug-likeness (QED) is 0.326. The van der Waals surface area contributed by atoms with Gasteiger partial charge in [-0.3, -0.25) is 0 Å². The second-order valence-corrected chi connectivity index (χ2v) is 6.25. The summed E-state index contributed by atoms with van der Waals surface area (Å²) in [6.07, 6.45) is -4.07. The number of cyclic esters (lactones) is 1. The first kappa shape index (κ1) is 21.0. The van der Waals surface area contributed by atoms with Gasteiger partial charge < -0.3 is 39.7 Å². The summed E-state index contributed by atoms with van der Waals surface area (Å²) in [6.45, 7) is 1.08. The van der Waals surface area contributed by atoms with Crippen molar-refractivity contribution in [1.29, 1.82) is 0 Å². The summed E-state index contributed by atoms with van der Waals surface area (Å²) in [5, 5.41) is 50.0. The van der Waals surface area contributed by atoms with E-state index in [1.807, 2.05) is 0 Å². The van der Waals surface area contributed by atoms with Crippen LogP contribution in [0.1, 0.15) is 23.7 Å². The standard InChI is InChI=1S/C18H24O9/c1-9-4-3-5-11(19)16(22)17(23)13(21)8-26-14-7-10(25-2)6-12(20)15(14)18(24)27-9/h3,5-7,9,11,13,16-17,19-23H,4,8H2,1-2H3/b5-3-/t9-,11?,13-,16-,17+/m1/s1. The third-order valence-electron chi connectivity index (χ3n) is 4.11. The molecule has 9 nitrogen and oxygen atoms in total. The van der Waals surface area contributed by atoms with Gasteiger partial charge in [-0.15, -0.1) is 0 Å². The van der Waals surface area contributed by atoms with Crippen LogP contribution in [0, 0.1) is 0 Å². The summed E-state index contributed by atoms with van der Waals surface area (Å²) < 4.78 is 15.6. The Kier molecular flexibility index (Phi) is 7.03. The van der Waals surface area contributed by atoms with E-state index < -0.39 is 48.8 Å². The first-order chi connectivity index (χ1) is 12.7. The monoisotopic (exact) mass is 384 g/mol. The number of carbonyl (C=O) groups excluding carboxylic acids is 1. The van der Waals surface area contributed by atoms with Crippen molar-refractivity contribution < 1.29 is 44.5 Å². The lowest BCUT2D eigenvalue weighted by atomic mass is 10.0. The molecular weight excluding hydrogens is 360 g/mol. The number of carbonyl (C=O) groups is 1. The Hall–Kier alpha value is -2.33. The van der Waals surface area contributed by atoms with Crippen LogP contribution in [-0.4, -0.2) is 75.7 Å². The van der Waals surface area contributed by atoms with Crippen LogP contribution in [0.5, 0.6) is 17.2 Å². The molecule has 9 heteroatoms. The van der Waals surface area contributed by atoms with Crippen LogP contribution in [-0.2, 0) is 4.74 Å². The number of ether oxygens (including phenoxy) is 3. The average molecular weight is 384 g/mol. The van der Waals surface area contributed by atoms with Crippen molar-refractivity contribution in [1.82, 2.24) is 0 Å². The average Bonchev–Trinajstić information content (AvgIpc) is 2.63. The molecule has 2 rings (SSSR count). The van der Waals surface area contributed by atoms with Crippen molar-refractivity contribution >= 4 is 5.97 Å². The Bertz CT molecular complexity index is 688. The van der Waals surface area contributed by atoms with E-state index >= 15 is 0 Å². The summed E-state index contributed by atoms with van der Waals surface area (Å²) in [4.78, 5) is 12.4. The number of aromatic hydroxyl groups is 1. The zero-order chi connectivity index (χ0) is 20.1. The van der Waals surface area contributed by atoms with Gasteiger partial charge in [-0.2, -0.15) is 0 Å². The van der Waals surface area contributed by atoms with Crippen LogP contribution in [0.15, 0.2) is 24.3 Å². The van der Waals surface area contributed by atoms with Gasteiger partial charge in [0.05, 0.1) is 7.11 Å². The number of rotatable bonds is 1. The fourth-order valence-corrected chi connectivity index (χ4v) is 2.53. The van der Waals surface area contributed by atoms with Crippen molar-refractivity contribution in [2.75, 3.05) is 13.7 Å². The fourth-order valence-electron chi connectivity index (χ4n) is 2.53. The molecule has 0 spiro atoms. The zero-order valence-corrected chi connectivity index (χ0v) is 15.0. The molecule has 0 saturated heterocycles. The highest BCUT2D eigenvalue weighted by molar-refractivity contribution is 5.96. The normalized spacial score (nSPS) is 31.0. The summed E-state index contributed by atoms with van der Waals surface area (Å²) in [5.41, 5.74) is -0.258. The van der Waals surface area contributed by atoms with E-state index in [0.717, 1.165) is 0 Å². The van der Waals surface area contributed by atoms with Crippen LogP contribution >= 0.6 is 0 Å². The Balaban J connectivity index is 2.41. The van der Waals surface area contributed by atoms with Crippen molar-refractivity contribution in [3.63, 3.8) is 0 Å². The zero-order valence-electron chi connectivity index (χ0n) is 15.0. The second kappa shape index (κ2) is 9.05. The Morgan fingerprint density at radius 1 is 1.15 bits per heavy atom. The number of benzene rings is 1. The number of esters is 1. The summed E-state index contributed by atoms with van der Waals surface area (Å²) >= 11 is 0. The van der Waals surface area contributed by atoms with Crippen molar-refractivity contribution in [3.05, 3.63) is 29.8 Å². The molecule has 0 aromatic heterocycles. The van der Waals surface area contributed by atoms with Crippen molar-refractivity contribution in [2.45, 2.75) is 43.9 Å². The van der Waals surface area contributed by atoms with Crippen LogP contribution in [0.3, 0.4) is 0 Å². The number of hydrogen-bond acceptors (Lipinski definition) is 9. The Morgan fingerprint density at radius 2 is 1.85 bits per heavy atom. The predicted molar refractivity (Wildman–Crippen MR) is 92.8 cm³/mol. The third kappa shape index (κ3) is 5.10. The maximum absolute atomic E-state index is 12.4. The van der Waals surface area contributed by atoms with E-state index in [1.165, 1.54) is 31.4 Å². The highest BCUT2D eigenvalue weighted by Gasteiger charge is 2.31. The van der Waals surface area contributed by atoms with E-state index in [9.17, 15) is 30.3 Å². The molecular formula is C18H24O9. The van der Waals surface area contributed by atoms with E-state index in [0.29, 0.717) is 0 Å². The van der Waals surface area contributed by atoms with Gasteiger partial charge in [0.1, 0.15) is 59.9 Å². The van der Waals surface area contributed by atoms with Crippen LogP contribution in [0.4, 0.5) is 0 Å². The van der Waals surface area contributed by atoms with Gasteiger partial charge in [0, 0.05) is 18.6 Å². The number of hydrogen-bond donors (Lipinski definition) is 5. The molecule has 27 heavy (non-hydrogen) atoms. The molecule has 1 heterocycles. The minimum absolute atomic E-state index is 0.127. The van der Waals surface area contributed by atoms with Gasteiger partial charge in [0.2, 0.25) is 0 Å². The lowest BCUT2D eigenvalue weighted by molar-refractivity contribution is -0.102. The number of aliphatic hydroxyl groups is 4. The molecule has 5 N–H and O–H groups in total. The molecule has 5 atom stereocenters. The van der Waals surface area contributed by atoms with E-state index in [-0.39, 0.29) is 23.5 Å². The van der Waals surface area contributed by atoms with Gasteiger partial charge in [-0.25, -0.2) is 4.79 Å². The molecule has 0 radical (unpaired) electrons. The SMILES string of the molecule is COc1cc(O)c2c(c1)OC[C@@H](O)[C@H](O)[C@H](O)C(O)/C=C\C[C@@H](C)OC2=O. The van der Waals surface area contributed by atoms with Crippen molar-refractivity contribution in [3.8, 4) is 17.2 Å². The van der Waals surface area contributed by atoms with Gasteiger partial charge in [0.25, 0.3) is 0 Å². The molecule has 1 aliphatic rings. The number of phenolic OH excluding ortho intramolecular Hbond substituents is 1. The van der Waals surface area contributed by atoms with Crippen molar-refractivity contribution in [2.24, 2.45) is 0 Å². The van der Waals surface area contributed by atoms with Crippen LogP contribution < -0.4 is 9.47 Å². The highest BCUT2D eigenvalue weighted by atomic mass is 16.5. The molecule has 0 bridgehead atoms. The first-order valence-corrected chi connectivity index (χ1v) is 8.38. The van der Waals surface area contributed by atoms with Gasteiger partial charge in [-0.05, 0) is 6.92 Å². The summed E-state index contributed by atoms with van der Waals surface area (Å²) in [6, 6.07) is 2.53. The number of aliphatic hydroxyl groups excluding tert-OH is 4. The van der Waals surface area contributed by atoms with E-state index in [2.05, 4.69) is 0 Å². The van der Waals surface area contributed by atoms with E-state index in [1.54, 1.807) is 6.92 Å². The summed E-state index contributed by atoms with van der Waals surface area (Å²) in [7, 11) is 1.35. The minimum Gasteiger partial charge on any atom is -0.507 e. The smallest absolute Gasteiger partial charge is 0.346 e. The molecule has 1 aliphatic heterocycles. The van der Waals surface area contributed by atoms with E-state index in [4.69, 9.17) is 14.2 Å². The third-order valence-corrected chi connectivity index (χ3v) is 4.11. The van der Waals surface area contributed by atoms with Gasteiger partial charge in [0.15, 0.2) is 0 Å². The molecule has 0 saturated carbocycles. The number of methoxy groups -OCH3 is 1. The Labute approximate surface area is 156 Å². The second-order valence-electron chi connectivity index (χ2n) is 6.25. The maximum atomic E-state index is 12.4. The maximum Gasteiger partial charge on any atom is 0.346 e. The minimum atomic E-state index is -1.71. The van der Waals surface area contributed by atoms with Crippen LogP contribution in [0.25, 0.3) is 0 Å². The summed E-state index contributed by atoms with van der Waals surface area (Å²) in [5.74, 6) is -1.21. The molecule has 0 amide bonds. The molecule has 0 aliphatic carbocycles. The molecule has 0 fully saturated rings. The first-order valence-electron chi connectivity index (χ1n) is 8.38. The van der Waals surface area contributed by atoms with Gasteiger partial charge >= 0.3 is 5.97 Å². The molecule has 1 unspecified atom stereocenters.